The Hall–Kier alpha value is -1.43. The lowest BCUT2D eigenvalue weighted by Gasteiger charge is -2.07. The van der Waals surface area contributed by atoms with Crippen LogP contribution in [-0.2, 0) is 0 Å². The Kier molecular flexibility index (Phi) is 9.72. The van der Waals surface area contributed by atoms with Crippen LogP contribution in [0, 0.1) is 6.92 Å². The van der Waals surface area contributed by atoms with Gasteiger partial charge in [-0.1, -0.05) is 30.8 Å². The zero-order valence-corrected chi connectivity index (χ0v) is 15.7. The number of pyridine rings is 1. The average Bonchev–Trinajstić information content (AvgIpc) is 2.50. The molecule has 0 amide bonds. The van der Waals surface area contributed by atoms with Crippen LogP contribution in [0.25, 0.3) is 11.3 Å². The number of aryl methyl sites for hydroxylation is 1. The van der Waals surface area contributed by atoms with Crippen LogP contribution in [0.1, 0.15) is 12.5 Å². The number of hydrogen-bond acceptors (Lipinski definition) is 4. The Morgan fingerprint density at radius 1 is 1.26 bits per heavy atom. The second kappa shape index (κ2) is 10.4. The number of benzene rings is 1. The number of methoxy groups -OCH3 is 1. The first-order chi connectivity index (χ1) is 10.1. The monoisotopic (exact) mass is 373 g/mol. The molecule has 4 nitrogen and oxygen atoms in total. The number of aliphatic imine (C=N–C) groups is 1. The molecule has 0 unspecified atom stereocenters. The Labute approximate surface area is 153 Å². The molecule has 0 spiro atoms. The van der Waals surface area contributed by atoms with Crippen LogP contribution in [-0.4, -0.2) is 23.0 Å². The van der Waals surface area contributed by atoms with E-state index in [9.17, 15) is 0 Å². The molecule has 23 heavy (non-hydrogen) atoms. The van der Waals surface area contributed by atoms with Gasteiger partial charge in [-0.15, -0.1) is 24.8 Å². The third kappa shape index (κ3) is 5.94. The highest BCUT2D eigenvalue weighted by Gasteiger charge is 2.05. The van der Waals surface area contributed by atoms with Crippen LogP contribution in [0.2, 0.25) is 0 Å². The normalized spacial score (nSPS) is 10.5. The van der Waals surface area contributed by atoms with Crippen molar-refractivity contribution in [1.29, 1.82) is 0 Å². The Bertz CT molecular complexity index is 666. The molecule has 1 aromatic heterocycles. The van der Waals surface area contributed by atoms with Crippen molar-refractivity contribution >= 4 is 47.4 Å². The van der Waals surface area contributed by atoms with Crippen molar-refractivity contribution in [2.75, 3.05) is 12.9 Å². The standard InChI is InChI=1S/C16H19N3OS.2ClH/c1-4-21-16(17)19-14-9-12(6-5-11(14)2)15-10-13(20-3)7-8-18-15;;/h5-10H,4H2,1-3H3,(H2,17,19);2*1H. The van der Waals surface area contributed by atoms with Crippen LogP contribution in [0.5, 0.6) is 5.75 Å². The zero-order chi connectivity index (χ0) is 15.2. The molecular weight excluding hydrogens is 353 g/mol. The summed E-state index contributed by atoms with van der Waals surface area (Å²) in [5.74, 6) is 1.69. The minimum atomic E-state index is 0. The van der Waals surface area contributed by atoms with Gasteiger partial charge < -0.3 is 10.5 Å². The van der Waals surface area contributed by atoms with Crippen molar-refractivity contribution in [3.8, 4) is 17.0 Å². The second-order valence-corrected chi connectivity index (χ2v) is 5.75. The van der Waals surface area contributed by atoms with Gasteiger partial charge in [0.1, 0.15) is 5.75 Å². The Balaban J connectivity index is 0.00000242. The molecule has 126 valence electrons. The molecule has 2 N–H and O–H groups in total. The summed E-state index contributed by atoms with van der Waals surface area (Å²) in [5, 5.41) is 0.580. The van der Waals surface area contributed by atoms with Gasteiger partial charge in [-0.05, 0) is 30.4 Å². The third-order valence-electron chi connectivity index (χ3n) is 2.99. The van der Waals surface area contributed by atoms with Gasteiger partial charge in [0.2, 0.25) is 0 Å². The SMILES string of the molecule is CCSC(N)=Nc1cc(-c2cc(OC)ccn2)ccc1C.Cl.Cl. The quantitative estimate of drug-likeness (QED) is 0.627. The van der Waals surface area contributed by atoms with Gasteiger partial charge in [0.25, 0.3) is 0 Å². The van der Waals surface area contributed by atoms with Crippen LogP contribution in [0.3, 0.4) is 0 Å². The summed E-state index contributed by atoms with van der Waals surface area (Å²) < 4.78 is 5.24. The van der Waals surface area contributed by atoms with E-state index in [0.29, 0.717) is 5.17 Å². The molecule has 0 aliphatic rings. The molecule has 1 aromatic carbocycles. The van der Waals surface area contributed by atoms with E-state index in [-0.39, 0.29) is 24.8 Å². The molecule has 0 bridgehead atoms. The van der Waals surface area contributed by atoms with E-state index >= 15 is 0 Å². The maximum Gasteiger partial charge on any atom is 0.159 e. The molecule has 0 saturated carbocycles. The van der Waals surface area contributed by atoms with Crippen molar-refractivity contribution in [2.24, 2.45) is 10.7 Å². The number of ether oxygens (including phenoxy) is 1. The number of hydrogen-bond donors (Lipinski definition) is 1. The van der Waals surface area contributed by atoms with Crippen LogP contribution >= 0.6 is 36.6 Å². The highest BCUT2D eigenvalue weighted by molar-refractivity contribution is 8.13. The maximum atomic E-state index is 5.90. The Morgan fingerprint density at radius 3 is 2.65 bits per heavy atom. The molecule has 0 radical (unpaired) electrons. The van der Waals surface area contributed by atoms with Crippen molar-refractivity contribution in [1.82, 2.24) is 4.98 Å². The minimum Gasteiger partial charge on any atom is -0.497 e. The first-order valence-electron chi connectivity index (χ1n) is 6.72. The van der Waals surface area contributed by atoms with Gasteiger partial charge in [0.15, 0.2) is 5.17 Å². The molecule has 0 fully saturated rings. The van der Waals surface area contributed by atoms with E-state index in [1.165, 1.54) is 11.8 Å². The average molecular weight is 374 g/mol. The lowest BCUT2D eigenvalue weighted by Crippen LogP contribution is -2.06. The van der Waals surface area contributed by atoms with E-state index in [0.717, 1.165) is 34.0 Å². The number of thioether (sulfide) groups is 1. The van der Waals surface area contributed by atoms with Crippen molar-refractivity contribution in [2.45, 2.75) is 13.8 Å². The summed E-state index contributed by atoms with van der Waals surface area (Å²) in [5.41, 5.74) is 9.70. The fourth-order valence-electron chi connectivity index (χ4n) is 1.88. The van der Waals surface area contributed by atoms with Gasteiger partial charge in [0.05, 0.1) is 18.5 Å². The fourth-order valence-corrected chi connectivity index (χ4v) is 2.34. The van der Waals surface area contributed by atoms with E-state index in [1.54, 1.807) is 13.3 Å². The first-order valence-corrected chi connectivity index (χ1v) is 7.70. The van der Waals surface area contributed by atoms with Gasteiger partial charge in [-0.3, -0.25) is 4.98 Å². The van der Waals surface area contributed by atoms with Gasteiger partial charge >= 0.3 is 0 Å². The van der Waals surface area contributed by atoms with Crippen LogP contribution in [0.15, 0.2) is 41.5 Å². The largest absolute Gasteiger partial charge is 0.497 e. The highest BCUT2D eigenvalue weighted by Crippen LogP contribution is 2.28. The number of nitrogens with zero attached hydrogens (tertiary/aromatic N) is 2. The number of nitrogens with two attached hydrogens (primary N) is 1. The summed E-state index contributed by atoms with van der Waals surface area (Å²) in [6.07, 6.45) is 1.73. The van der Waals surface area contributed by atoms with Gasteiger partial charge in [-0.25, -0.2) is 4.99 Å². The lowest BCUT2D eigenvalue weighted by molar-refractivity contribution is 0.414. The van der Waals surface area contributed by atoms with Crippen LogP contribution < -0.4 is 10.5 Å². The minimum absolute atomic E-state index is 0. The molecule has 0 saturated heterocycles. The molecule has 0 aliphatic carbocycles. The fraction of sp³-hybridized carbons (Fsp3) is 0.250. The van der Waals surface area contributed by atoms with Crippen molar-refractivity contribution < 1.29 is 4.74 Å². The summed E-state index contributed by atoms with van der Waals surface area (Å²) in [6.45, 7) is 4.07. The molecule has 0 atom stereocenters. The molecule has 0 aliphatic heterocycles. The molecular formula is C16H21Cl2N3OS. The third-order valence-corrected chi connectivity index (χ3v) is 3.67. The summed E-state index contributed by atoms with van der Waals surface area (Å²) >= 11 is 1.53. The smallest absolute Gasteiger partial charge is 0.159 e. The van der Waals surface area contributed by atoms with Crippen molar-refractivity contribution in [3.05, 3.63) is 42.1 Å². The molecule has 7 heteroatoms. The van der Waals surface area contributed by atoms with Gasteiger partial charge in [-0.2, -0.15) is 0 Å². The maximum absolute atomic E-state index is 5.90. The van der Waals surface area contributed by atoms with E-state index in [2.05, 4.69) is 16.9 Å². The number of amidine groups is 1. The highest BCUT2D eigenvalue weighted by atomic mass is 35.5. The van der Waals surface area contributed by atoms with Gasteiger partial charge in [0, 0.05) is 17.8 Å². The van der Waals surface area contributed by atoms with E-state index in [1.807, 2.05) is 37.3 Å². The predicted octanol–water partition coefficient (Wildman–Crippen LogP) is 4.61. The van der Waals surface area contributed by atoms with Crippen molar-refractivity contribution in [3.63, 3.8) is 0 Å². The molecule has 2 rings (SSSR count). The summed E-state index contributed by atoms with van der Waals surface area (Å²) in [7, 11) is 1.65. The first kappa shape index (κ1) is 21.6. The predicted molar refractivity (Wildman–Crippen MR) is 105 cm³/mol. The van der Waals surface area contributed by atoms with E-state index < -0.39 is 0 Å². The number of halogens is 2. The van der Waals surface area contributed by atoms with E-state index in [4.69, 9.17) is 10.5 Å². The zero-order valence-electron chi connectivity index (χ0n) is 13.3. The second-order valence-electron chi connectivity index (χ2n) is 4.47. The Morgan fingerprint density at radius 2 is 2.00 bits per heavy atom. The molecule has 1 heterocycles. The summed E-state index contributed by atoms with van der Waals surface area (Å²) in [6, 6.07) is 9.79. The molecule has 2 aromatic rings. The lowest BCUT2D eigenvalue weighted by atomic mass is 10.1. The van der Waals surface area contributed by atoms with Crippen LogP contribution in [0.4, 0.5) is 5.69 Å². The number of aromatic nitrogens is 1. The topological polar surface area (TPSA) is 60.5 Å². The number of rotatable bonds is 4. The summed E-state index contributed by atoms with van der Waals surface area (Å²) in [4.78, 5) is 8.85.